The third-order valence-electron chi connectivity index (χ3n) is 4.96. The largest absolute Gasteiger partial charge is 0.497 e. The predicted molar refractivity (Wildman–Crippen MR) is 111 cm³/mol. The number of fused-ring (bicyclic) bond motifs is 1. The summed E-state index contributed by atoms with van der Waals surface area (Å²) >= 11 is 0. The molecule has 0 fully saturated rings. The molecule has 0 aliphatic rings. The molecule has 3 rings (SSSR count). The second-order valence-electron chi connectivity index (χ2n) is 6.85. The van der Waals surface area contributed by atoms with E-state index < -0.39 is 0 Å². The van der Waals surface area contributed by atoms with Gasteiger partial charge in [-0.25, -0.2) is 0 Å². The lowest BCUT2D eigenvalue weighted by atomic mass is 9.96. The first-order valence-corrected chi connectivity index (χ1v) is 9.39. The smallest absolute Gasteiger partial charge is 0.230 e. The Kier molecular flexibility index (Phi) is 6.29. The minimum atomic E-state index is -0.283. The summed E-state index contributed by atoms with van der Waals surface area (Å²) in [6.45, 7) is 2.87. The normalized spacial score (nSPS) is 11.6. The van der Waals surface area contributed by atoms with Gasteiger partial charge in [-0.3, -0.25) is 4.79 Å². The number of hydrogen-bond acceptors (Lipinski definition) is 3. The number of rotatable bonds is 7. The van der Waals surface area contributed by atoms with Gasteiger partial charge in [-0.15, -0.1) is 0 Å². The van der Waals surface area contributed by atoms with Gasteiger partial charge >= 0.3 is 0 Å². The average Bonchev–Trinajstić information content (AvgIpc) is 2.75. The minimum Gasteiger partial charge on any atom is -0.497 e. The Balaban J connectivity index is 1.83. The van der Waals surface area contributed by atoms with Crippen molar-refractivity contribution in [1.29, 1.82) is 5.26 Å². The highest BCUT2D eigenvalue weighted by atomic mass is 16.5. The zero-order valence-electron chi connectivity index (χ0n) is 16.3. The lowest BCUT2D eigenvalue weighted by Crippen LogP contribution is -2.34. The zero-order valence-corrected chi connectivity index (χ0v) is 16.3. The highest BCUT2D eigenvalue weighted by Gasteiger charge is 2.22. The first-order valence-electron chi connectivity index (χ1n) is 9.39. The predicted octanol–water partition coefficient (Wildman–Crippen LogP) is 4.89. The summed E-state index contributed by atoms with van der Waals surface area (Å²) in [5, 5.41) is 11.1. The molecule has 0 aliphatic heterocycles. The van der Waals surface area contributed by atoms with Crippen molar-refractivity contribution in [2.24, 2.45) is 0 Å². The molecule has 3 aromatic carbocycles. The summed E-state index contributed by atoms with van der Waals surface area (Å²) in [4.78, 5) is 15.0. The van der Waals surface area contributed by atoms with E-state index in [2.05, 4.69) is 12.1 Å². The second kappa shape index (κ2) is 9.05. The fourth-order valence-corrected chi connectivity index (χ4v) is 3.31. The summed E-state index contributed by atoms with van der Waals surface area (Å²) in [6, 6.07) is 24.0. The molecule has 4 heteroatoms. The third-order valence-corrected chi connectivity index (χ3v) is 4.96. The van der Waals surface area contributed by atoms with Gasteiger partial charge in [0, 0.05) is 13.1 Å². The first-order chi connectivity index (χ1) is 13.6. The Morgan fingerprint density at radius 1 is 1.07 bits per heavy atom. The van der Waals surface area contributed by atoms with Gasteiger partial charge in [-0.2, -0.15) is 5.26 Å². The number of ether oxygens (including phenoxy) is 1. The van der Waals surface area contributed by atoms with Gasteiger partial charge in [0.15, 0.2) is 0 Å². The van der Waals surface area contributed by atoms with Crippen molar-refractivity contribution in [3.8, 4) is 11.8 Å². The Morgan fingerprint density at radius 2 is 1.79 bits per heavy atom. The molecular formula is C24H24N2O2. The van der Waals surface area contributed by atoms with Gasteiger partial charge in [-0.05, 0) is 41.0 Å². The van der Waals surface area contributed by atoms with Crippen molar-refractivity contribution in [3.63, 3.8) is 0 Å². The van der Waals surface area contributed by atoms with Crippen LogP contribution in [0.2, 0.25) is 0 Å². The Bertz CT molecular complexity index is 992. The SMILES string of the molecule is COc1ccc2cc([C@H](C)C(=O)N(CCC#N)Cc3ccccc3)ccc2c1. The number of methoxy groups -OCH3 is 1. The molecule has 1 amide bonds. The molecule has 0 bridgehead atoms. The van der Waals surface area contributed by atoms with Crippen molar-refractivity contribution in [2.45, 2.75) is 25.8 Å². The molecule has 142 valence electrons. The molecule has 28 heavy (non-hydrogen) atoms. The number of amides is 1. The molecule has 0 unspecified atom stereocenters. The molecule has 0 heterocycles. The average molecular weight is 372 g/mol. The van der Waals surface area contributed by atoms with Crippen molar-refractivity contribution in [3.05, 3.63) is 77.9 Å². The highest BCUT2D eigenvalue weighted by Crippen LogP contribution is 2.26. The molecule has 0 saturated carbocycles. The summed E-state index contributed by atoms with van der Waals surface area (Å²) in [5.41, 5.74) is 2.03. The highest BCUT2D eigenvalue weighted by molar-refractivity contribution is 5.88. The van der Waals surface area contributed by atoms with Gasteiger partial charge in [0.1, 0.15) is 5.75 Å². The van der Waals surface area contributed by atoms with Gasteiger partial charge in [0.2, 0.25) is 5.91 Å². The molecule has 0 aromatic heterocycles. The van der Waals surface area contributed by atoms with Crippen LogP contribution in [0.25, 0.3) is 10.8 Å². The first kappa shape index (κ1) is 19.4. The summed E-state index contributed by atoms with van der Waals surface area (Å²) < 4.78 is 5.28. The van der Waals surface area contributed by atoms with E-state index in [1.54, 1.807) is 12.0 Å². The van der Waals surface area contributed by atoms with Gasteiger partial charge < -0.3 is 9.64 Å². The van der Waals surface area contributed by atoms with E-state index in [1.807, 2.05) is 67.6 Å². The van der Waals surface area contributed by atoms with Crippen molar-refractivity contribution >= 4 is 16.7 Å². The summed E-state index contributed by atoms with van der Waals surface area (Å²) in [7, 11) is 1.65. The molecule has 1 atom stereocenters. The topological polar surface area (TPSA) is 53.3 Å². The molecule has 0 aliphatic carbocycles. The molecule has 0 N–H and O–H groups in total. The van der Waals surface area contributed by atoms with Crippen molar-refractivity contribution < 1.29 is 9.53 Å². The van der Waals surface area contributed by atoms with Crippen LogP contribution in [0.4, 0.5) is 0 Å². The molecule has 4 nitrogen and oxygen atoms in total. The number of carbonyl (C=O) groups excluding carboxylic acids is 1. The van der Waals surface area contributed by atoms with Gasteiger partial charge in [-0.1, -0.05) is 54.6 Å². The van der Waals surface area contributed by atoms with Crippen LogP contribution in [-0.4, -0.2) is 24.5 Å². The number of nitrogens with zero attached hydrogens (tertiary/aromatic N) is 2. The monoisotopic (exact) mass is 372 g/mol. The molecule has 3 aromatic rings. The number of carbonyl (C=O) groups is 1. The van der Waals surface area contributed by atoms with Crippen LogP contribution in [0.1, 0.15) is 30.4 Å². The second-order valence-corrected chi connectivity index (χ2v) is 6.85. The summed E-state index contributed by atoms with van der Waals surface area (Å²) in [6.07, 6.45) is 0.322. The summed E-state index contributed by atoms with van der Waals surface area (Å²) in [5.74, 6) is 0.566. The third kappa shape index (κ3) is 4.50. The van der Waals surface area contributed by atoms with Crippen molar-refractivity contribution in [1.82, 2.24) is 4.90 Å². The Morgan fingerprint density at radius 3 is 2.50 bits per heavy atom. The van der Waals surface area contributed by atoms with E-state index in [4.69, 9.17) is 10.00 Å². The fourth-order valence-electron chi connectivity index (χ4n) is 3.31. The fraction of sp³-hybridized carbons (Fsp3) is 0.250. The zero-order chi connectivity index (χ0) is 19.9. The lowest BCUT2D eigenvalue weighted by molar-refractivity contribution is -0.133. The van der Waals surface area contributed by atoms with E-state index in [0.717, 1.165) is 27.6 Å². The van der Waals surface area contributed by atoms with Gasteiger partial charge in [0.05, 0.1) is 25.5 Å². The Hall–Kier alpha value is -3.32. The maximum atomic E-state index is 13.2. The van der Waals surface area contributed by atoms with E-state index in [0.29, 0.717) is 19.5 Å². The number of benzene rings is 3. The lowest BCUT2D eigenvalue weighted by Gasteiger charge is -2.25. The Labute approximate surface area is 166 Å². The quantitative estimate of drug-likeness (QED) is 0.593. The molecule has 0 saturated heterocycles. The van der Waals surface area contributed by atoms with Crippen molar-refractivity contribution in [2.75, 3.05) is 13.7 Å². The number of hydrogen-bond donors (Lipinski definition) is 0. The molecule has 0 radical (unpaired) electrons. The van der Waals surface area contributed by atoms with Crippen LogP contribution in [0.15, 0.2) is 66.7 Å². The minimum absolute atomic E-state index is 0.0342. The van der Waals surface area contributed by atoms with Crippen LogP contribution in [0.3, 0.4) is 0 Å². The van der Waals surface area contributed by atoms with E-state index in [1.165, 1.54) is 0 Å². The standard InChI is InChI=1S/C24H24N2O2/c1-18(20-9-10-22-16-23(28-2)12-11-21(22)15-20)24(27)26(14-6-13-25)17-19-7-4-3-5-8-19/h3-5,7-12,15-16,18H,6,14,17H2,1-2H3/t18-/m0/s1. The van der Waals surface area contributed by atoms with Crippen LogP contribution in [0.5, 0.6) is 5.75 Å². The maximum Gasteiger partial charge on any atom is 0.230 e. The van der Waals surface area contributed by atoms with Crippen LogP contribution >= 0.6 is 0 Å². The van der Waals surface area contributed by atoms with Crippen LogP contribution in [-0.2, 0) is 11.3 Å². The van der Waals surface area contributed by atoms with Gasteiger partial charge in [0.25, 0.3) is 0 Å². The maximum absolute atomic E-state index is 13.2. The number of nitriles is 1. The van der Waals surface area contributed by atoms with E-state index in [9.17, 15) is 4.79 Å². The van der Waals surface area contributed by atoms with E-state index in [-0.39, 0.29) is 11.8 Å². The molecular weight excluding hydrogens is 348 g/mol. The molecule has 0 spiro atoms. The van der Waals surface area contributed by atoms with Crippen LogP contribution < -0.4 is 4.74 Å². The van der Waals surface area contributed by atoms with E-state index >= 15 is 0 Å². The van der Waals surface area contributed by atoms with Crippen LogP contribution in [0, 0.1) is 11.3 Å².